The molecule has 3 aromatic rings. The lowest BCUT2D eigenvalue weighted by molar-refractivity contribution is 0.245. The first-order chi connectivity index (χ1) is 13.5. The van der Waals surface area contributed by atoms with Gasteiger partial charge in [-0.1, -0.05) is 25.1 Å². The second-order valence-electron chi connectivity index (χ2n) is 6.60. The lowest BCUT2D eigenvalue weighted by Crippen LogP contribution is -2.31. The number of nitrogens with one attached hydrogen (secondary N) is 2. The van der Waals surface area contributed by atoms with E-state index in [0.29, 0.717) is 29.8 Å². The van der Waals surface area contributed by atoms with Crippen LogP contribution in [0.4, 0.5) is 10.5 Å². The second kappa shape index (κ2) is 8.98. The molecular weight excluding hydrogens is 358 g/mol. The van der Waals surface area contributed by atoms with Crippen LogP contribution in [0, 0.1) is 0 Å². The fraction of sp³-hybridized carbons (Fsp3) is 0.300. The summed E-state index contributed by atoms with van der Waals surface area (Å²) in [6.45, 7) is 6.12. The molecule has 0 saturated carbocycles. The summed E-state index contributed by atoms with van der Waals surface area (Å²) < 4.78 is 10.9. The number of carbonyl (C=O) groups is 1. The molecule has 2 amide bonds. The molecule has 3 rings (SSSR count). The van der Waals surface area contributed by atoms with E-state index < -0.39 is 6.04 Å². The van der Waals surface area contributed by atoms with Crippen molar-refractivity contribution < 1.29 is 14.1 Å². The summed E-state index contributed by atoms with van der Waals surface area (Å²) in [5.41, 5.74) is 1.49. The zero-order valence-electron chi connectivity index (χ0n) is 16.0. The molecule has 2 heterocycles. The summed E-state index contributed by atoms with van der Waals surface area (Å²) in [6, 6.07) is 12.0. The Kier molecular flexibility index (Phi) is 6.21. The van der Waals surface area contributed by atoms with E-state index in [1.165, 1.54) is 0 Å². The summed E-state index contributed by atoms with van der Waals surface area (Å²) in [7, 11) is 0. The third-order valence-electron chi connectivity index (χ3n) is 3.92. The number of hydrogen-bond donors (Lipinski definition) is 2. The van der Waals surface area contributed by atoms with Crippen molar-refractivity contribution in [2.75, 3.05) is 5.32 Å². The molecule has 2 aromatic heterocycles. The number of rotatable bonds is 7. The average molecular weight is 381 g/mol. The molecule has 1 aromatic carbocycles. The minimum atomic E-state index is -0.402. The summed E-state index contributed by atoms with van der Waals surface area (Å²) in [6.07, 6.45) is 1.73. The molecule has 8 nitrogen and oxygen atoms in total. The Morgan fingerprint density at radius 2 is 1.93 bits per heavy atom. The van der Waals surface area contributed by atoms with E-state index in [9.17, 15) is 4.79 Å². The maximum atomic E-state index is 12.2. The van der Waals surface area contributed by atoms with Crippen LogP contribution in [0.2, 0.25) is 0 Å². The van der Waals surface area contributed by atoms with Gasteiger partial charge in [0, 0.05) is 17.8 Å². The van der Waals surface area contributed by atoms with Gasteiger partial charge in [-0.25, -0.2) is 4.79 Å². The van der Waals surface area contributed by atoms with Crippen molar-refractivity contribution in [2.45, 2.75) is 39.3 Å². The van der Waals surface area contributed by atoms with E-state index in [1.54, 1.807) is 37.4 Å². The summed E-state index contributed by atoms with van der Waals surface area (Å²) >= 11 is 0. The topological polar surface area (TPSA) is 102 Å². The van der Waals surface area contributed by atoms with Crippen molar-refractivity contribution in [2.24, 2.45) is 0 Å². The van der Waals surface area contributed by atoms with Crippen LogP contribution in [-0.2, 0) is 6.61 Å². The predicted octanol–water partition coefficient (Wildman–Crippen LogP) is 4.05. The Balaban J connectivity index is 1.49. The van der Waals surface area contributed by atoms with Gasteiger partial charge in [0.25, 0.3) is 0 Å². The van der Waals surface area contributed by atoms with Crippen LogP contribution < -0.4 is 15.4 Å². The third-order valence-corrected chi connectivity index (χ3v) is 3.92. The molecule has 0 aliphatic carbocycles. The predicted molar refractivity (Wildman–Crippen MR) is 104 cm³/mol. The Morgan fingerprint density at radius 3 is 2.57 bits per heavy atom. The lowest BCUT2D eigenvalue weighted by atomic mass is 10.2. The molecule has 0 unspecified atom stereocenters. The minimum absolute atomic E-state index is 0.164. The molecule has 0 fully saturated rings. The molecule has 0 radical (unpaired) electrons. The van der Waals surface area contributed by atoms with Crippen molar-refractivity contribution in [1.29, 1.82) is 0 Å². The normalized spacial score (nSPS) is 11.9. The molecule has 0 aliphatic rings. The third kappa shape index (κ3) is 5.29. The number of urea groups is 1. The van der Waals surface area contributed by atoms with Crippen LogP contribution in [0.1, 0.15) is 50.1 Å². The largest absolute Gasteiger partial charge is 0.487 e. The van der Waals surface area contributed by atoms with E-state index in [1.807, 2.05) is 32.0 Å². The molecule has 1 atom stereocenters. The van der Waals surface area contributed by atoms with Gasteiger partial charge in [0.1, 0.15) is 18.4 Å². The standard InChI is InChI=1S/C20H23N5O3/c1-13(2)18-24-19(28-25-18)14(3)22-20(26)23-15-7-9-17(10-8-15)27-12-16-6-4-5-11-21-16/h4-11,13-14H,12H2,1-3H3,(H2,22,23,26)/t14-/m1/s1. The summed E-state index contributed by atoms with van der Waals surface area (Å²) in [4.78, 5) is 20.7. The molecule has 146 valence electrons. The Bertz CT molecular complexity index is 894. The molecule has 0 saturated heterocycles. The van der Waals surface area contributed by atoms with Crippen LogP contribution in [0.15, 0.2) is 53.2 Å². The van der Waals surface area contributed by atoms with Gasteiger partial charge in [0.15, 0.2) is 5.82 Å². The minimum Gasteiger partial charge on any atom is -0.487 e. The number of pyridine rings is 1. The maximum Gasteiger partial charge on any atom is 0.319 e. The van der Waals surface area contributed by atoms with Crippen LogP contribution in [0.3, 0.4) is 0 Å². The maximum absolute atomic E-state index is 12.2. The first kappa shape index (κ1) is 19.3. The van der Waals surface area contributed by atoms with Crippen molar-refractivity contribution in [1.82, 2.24) is 20.4 Å². The SMILES string of the molecule is CC(C)c1noc([C@@H](C)NC(=O)Nc2ccc(OCc3ccccn3)cc2)n1. The first-order valence-electron chi connectivity index (χ1n) is 9.05. The van der Waals surface area contributed by atoms with Crippen LogP contribution in [0.5, 0.6) is 5.75 Å². The number of aromatic nitrogens is 3. The molecule has 0 bridgehead atoms. The van der Waals surface area contributed by atoms with E-state index >= 15 is 0 Å². The fourth-order valence-electron chi connectivity index (χ4n) is 2.36. The number of ether oxygens (including phenoxy) is 1. The number of nitrogens with zero attached hydrogens (tertiary/aromatic N) is 3. The lowest BCUT2D eigenvalue weighted by Gasteiger charge is -2.12. The van der Waals surface area contributed by atoms with Gasteiger partial charge in [-0.3, -0.25) is 4.98 Å². The Morgan fingerprint density at radius 1 is 1.14 bits per heavy atom. The number of benzene rings is 1. The second-order valence-corrected chi connectivity index (χ2v) is 6.60. The number of carbonyl (C=O) groups excluding carboxylic acids is 1. The summed E-state index contributed by atoms with van der Waals surface area (Å²) in [5.74, 6) is 1.84. The highest BCUT2D eigenvalue weighted by molar-refractivity contribution is 5.89. The zero-order chi connectivity index (χ0) is 19.9. The Hall–Kier alpha value is -3.42. The fourth-order valence-corrected chi connectivity index (χ4v) is 2.36. The van der Waals surface area contributed by atoms with Gasteiger partial charge in [0.05, 0.1) is 5.69 Å². The molecular formula is C20H23N5O3. The quantitative estimate of drug-likeness (QED) is 0.640. The Labute approximate surface area is 163 Å². The van der Waals surface area contributed by atoms with E-state index in [4.69, 9.17) is 9.26 Å². The molecule has 28 heavy (non-hydrogen) atoms. The van der Waals surface area contributed by atoms with Gasteiger partial charge in [-0.05, 0) is 43.3 Å². The number of anilines is 1. The van der Waals surface area contributed by atoms with Gasteiger partial charge in [-0.2, -0.15) is 4.98 Å². The molecule has 8 heteroatoms. The van der Waals surface area contributed by atoms with Crippen LogP contribution >= 0.6 is 0 Å². The average Bonchev–Trinajstić information content (AvgIpc) is 3.19. The van der Waals surface area contributed by atoms with Gasteiger partial charge in [0.2, 0.25) is 5.89 Å². The highest BCUT2D eigenvalue weighted by atomic mass is 16.5. The van der Waals surface area contributed by atoms with Crippen LogP contribution in [0.25, 0.3) is 0 Å². The van der Waals surface area contributed by atoms with E-state index in [-0.39, 0.29) is 11.9 Å². The summed E-state index contributed by atoms with van der Waals surface area (Å²) in [5, 5.41) is 9.44. The number of amides is 2. The number of hydrogen-bond acceptors (Lipinski definition) is 6. The first-order valence-corrected chi connectivity index (χ1v) is 9.05. The highest BCUT2D eigenvalue weighted by Crippen LogP contribution is 2.18. The van der Waals surface area contributed by atoms with Gasteiger partial charge >= 0.3 is 6.03 Å². The molecule has 2 N–H and O–H groups in total. The zero-order valence-corrected chi connectivity index (χ0v) is 16.0. The van der Waals surface area contributed by atoms with Gasteiger partial charge in [-0.15, -0.1) is 0 Å². The van der Waals surface area contributed by atoms with Crippen molar-refractivity contribution >= 4 is 11.7 Å². The van der Waals surface area contributed by atoms with Crippen LogP contribution in [-0.4, -0.2) is 21.2 Å². The van der Waals surface area contributed by atoms with Gasteiger partial charge < -0.3 is 19.9 Å². The van der Waals surface area contributed by atoms with Crippen molar-refractivity contribution in [3.63, 3.8) is 0 Å². The van der Waals surface area contributed by atoms with E-state index in [2.05, 4.69) is 25.8 Å². The van der Waals surface area contributed by atoms with Crippen molar-refractivity contribution in [3.05, 3.63) is 66.1 Å². The monoisotopic (exact) mass is 381 g/mol. The smallest absolute Gasteiger partial charge is 0.319 e. The molecule has 0 spiro atoms. The van der Waals surface area contributed by atoms with E-state index in [0.717, 1.165) is 5.69 Å². The highest BCUT2D eigenvalue weighted by Gasteiger charge is 2.17. The molecule has 0 aliphatic heterocycles. The van der Waals surface area contributed by atoms with Crippen molar-refractivity contribution in [3.8, 4) is 5.75 Å².